The van der Waals surface area contributed by atoms with Crippen molar-refractivity contribution in [2.75, 3.05) is 33.3 Å². The van der Waals surface area contributed by atoms with Gasteiger partial charge >= 0.3 is 0 Å². The number of hydrogen-bond donors (Lipinski definition) is 3. The molecule has 30 heavy (non-hydrogen) atoms. The summed E-state index contributed by atoms with van der Waals surface area (Å²) in [5.41, 5.74) is 1.83. The number of carbonyl (C=O) groups is 1. The molecule has 3 N–H and O–H groups in total. The first-order valence-corrected chi connectivity index (χ1v) is 9.98. The molecule has 0 fully saturated rings. The molecule has 164 valence electrons. The largest absolute Gasteiger partial charge is 0.497 e. The molecular weight excluding hydrogens is 493 g/mol. The summed E-state index contributed by atoms with van der Waals surface area (Å²) in [4.78, 5) is 20.6. The van der Waals surface area contributed by atoms with Crippen molar-refractivity contribution in [2.24, 2.45) is 4.99 Å². The van der Waals surface area contributed by atoms with Crippen molar-refractivity contribution < 1.29 is 9.53 Å². The van der Waals surface area contributed by atoms with Crippen LogP contribution in [0.15, 0.2) is 53.8 Å². The highest BCUT2D eigenvalue weighted by Gasteiger charge is 2.06. The first-order chi connectivity index (χ1) is 14.1. The van der Waals surface area contributed by atoms with Crippen LogP contribution >= 0.6 is 24.0 Å². The van der Waals surface area contributed by atoms with E-state index in [1.165, 1.54) is 5.56 Å². The number of carbonyl (C=O) groups excluding carboxylic acids is 1. The Morgan fingerprint density at radius 2 is 1.87 bits per heavy atom. The molecule has 0 saturated heterocycles. The number of nitrogens with one attached hydrogen (secondary N) is 3. The molecule has 0 saturated carbocycles. The average molecular weight is 525 g/mol. The molecule has 0 bridgehead atoms. The summed E-state index contributed by atoms with van der Waals surface area (Å²) in [6, 6.07) is 11.7. The van der Waals surface area contributed by atoms with Gasteiger partial charge in [0.25, 0.3) is 5.91 Å². The van der Waals surface area contributed by atoms with Crippen LogP contribution < -0.4 is 20.7 Å². The maximum absolute atomic E-state index is 12.0. The Morgan fingerprint density at radius 1 is 1.13 bits per heavy atom. The van der Waals surface area contributed by atoms with Gasteiger partial charge in [-0.2, -0.15) is 0 Å². The Bertz CT molecular complexity index is 769. The summed E-state index contributed by atoms with van der Waals surface area (Å²) in [7, 11) is 1.67. The minimum absolute atomic E-state index is 0. The SMILES string of the molecule is CCNC(=NCCC(C)c1ccc(OC)cc1)NCCNC(=O)c1cccnc1.I. The highest BCUT2D eigenvalue weighted by atomic mass is 127. The Hall–Kier alpha value is -2.36. The number of rotatable bonds is 10. The van der Waals surface area contributed by atoms with E-state index in [4.69, 9.17) is 4.74 Å². The van der Waals surface area contributed by atoms with Crippen molar-refractivity contribution in [3.05, 3.63) is 59.9 Å². The normalized spacial score (nSPS) is 11.8. The smallest absolute Gasteiger partial charge is 0.252 e. The van der Waals surface area contributed by atoms with Crippen molar-refractivity contribution in [1.29, 1.82) is 0 Å². The third-order valence-electron chi connectivity index (χ3n) is 4.49. The van der Waals surface area contributed by atoms with Gasteiger partial charge in [0.05, 0.1) is 12.7 Å². The fourth-order valence-corrected chi connectivity index (χ4v) is 2.77. The lowest BCUT2D eigenvalue weighted by atomic mass is 9.98. The van der Waals surface area contributed by atoms with E-state index in [0.29, 0.717) is 31.1 Å². The van der Waals surface area contributed by atoms with Gasteiger partial charge < -0.3 is 20.7 Å². The summed E-state index contributed by atoms with van der Waals surface area (Å²) in [5, 5.41) is 9.35. The molecule has 2 rings (SSSR count). The van der Waals surface area contributed by atoms with Crippen LogP contribution in [0.2, 0.25) is 0 Å². The van der Waals surface area contributed by atoms with Crippen molar-refractivity contribution in [3.63, 3.8) is 0 Å². The summed E-state index contributed by atoms with van der Waals surface area (Å²) in [5.74, 6) is 1.90. The van der Waals surface area contributed by atoms with Gasteiger partial charge in [-0.3, -0.25) is 14.8 Å². The number of nitrogens with zero attached hydrogens (tertiary/aromatic N) is 2. The van der Waals surface area contributed by atoms with E-state index in [-0.39, 0.29) is 29.9 Å². The van der Waals surface area contributed by atoms with E-state index in [9.17, 15) is 4.79 Å². The number of aliphatic imine (C=N–C) groups is 1. The quantitative estimate of drug-likeness (QED) is 0.192. The van der Waals surface area contributed by atoms with Crippen molar-refractivity contribution >= 4 is 35.8 Å². The van der Waals surface area contributed by atoms with Crippen molar-refractivity contribution in [1.82, 2.24) is 20.9 Å². The third-order valence-corrected chi connectivity index (χ3v) is 4.49. The lowest BCUT2D eigenvalue weighted by Crippen LogP contribution is -2.41. The standard InChI is InChI=1S/C22H31N5O2.HI/c1-4-24-22(27-15-14-25-21(28)19-6-5-12-23-16-19)26-13-11-17(2)18-7-9-20(29-3)10-8-18;/h5-10,12,16-17H,4,11,13-15H2,1-3H3,(H,25,28)(H2,24,26,27);1H. The molecule has 0 spiro atoms. The lowest BCUT2D eigenvalue weighted by Gasteiger charge is -2.14. The van der Waals surface area contributed by atoms with Gasteiger partial charge in [-0.1, -0.05) is 19.1 Å². The maximum atomic E-state index is 12.0. The molecule has 8 heteroatoms. The topological polar surface area (TPSA) is 87.6 Å². The summed E-state index contributed by atoms with van der Waals surface area (Å²) in [6.45, 7) is 6.81. The number of guanidine groups is 1. The van der Waals surface area contributed by atoms with Gasteiger partial charge in [0, 0.05) is 38.6 Å². The van der Waals surface area contributed by atoms with Crippen LogP contribution in [0.3, 0.4) is 0 Å². The maximum Gasteiger partial charge on any atom is 0.252 e. The Labute approximate surface area is 196 Å². The molecule has 1 amide bonds. The Kier molecular flexibility index (Phi) is 12.5. The molecule has 2 aromatic rings. The number of benzene rings is 1. The minimum Gasteiger partial charge on any atom is -0.497 e. The van der Waals surface area contributed by atoms with E-state index in [2.05, 4.69) is 45.0 Å². The van der Waals surface area contributed by atoms with Crippen molar-refractivity contribution in [3.8, 4) is 5.75 Å². The van der Waals surface area contributed by atoms with Crippen LogP contribution in [0, 0.1) is 0 Å². The molecule has 0 radical (unpaired) electrons. The number of aromatic nitrogens is 1. The van der Waals surface area contributed by atoms with E-state index in [0.717, 1.165) is 24.7 Å². The molecule has 0 aliphatic rings. The molecule has 0 aliphatic carbocycles. The lowest BCUT2D eigenvalue weighted by molar-refractivity contribution is 0.0954. The van der Waals surface area contributed by atoms with Gasteiger partial charge in [-0.15, -0.1) is 24.0 Å². The molecule has 1 aromatic heterocycles. The van der Waals surface area contributed by atoms with E-state index < -0.39 is 0 Å². The van der Waals surface area contributed by atoms with Gasteiger partial charge in [-0.25, -0.2) is 0 Å². The van der Waals surface area contributed by atoms with Crippen LogP contribution in [0.5, 0.6) is 5.75 Å². The zero-order chi connectivity index (χ0) is 20.9. The zero-order valence-corrected chi connectivity index (χ0v) is 20.2. The van der Waals surface area contributed by atoms with E-state index in [1.807, 2.05) is 19.1 Å². The molecule has 0 aliphatic heterocycles. The van der Waals surface area contributed by atoms with Crippen LogP contribution in [0.1, 0.15) is 42.1 Å². The fourth-order valence-electron chi connectivity index (χ4n) is 2.77. The fraction of sp³-hybridized carbons (Fsp3) is 0.409. The highest BCUT2D eigenvalue weighted by Crippen LogP contribution is 2.21. The molecule has 1 aromatic carbocycles. The number of hydrogen-bond acceptors (Lipinski definition) is 4. The monoisotopic (exact) mass is 525 g/mol. The summed E-state index contributed by atoms with van der Waals surface area (Å²) < 4.78 is 5.21. The first kappa shape index (κ1) is 25.7. The number of amides is 1. The zero-order valence-electron chi connectivity index (χ0n) is 17.9. The van der Waals surface area contributed by atoms with Gasteiger partial charge in [0.1, 0.15) is 5.75 Å². The summed E-state index contributed by atoms with van der Waals surface area (Å²) in [6.07, 6.45) is 4.14. The van der Waals surface area contributed by atoms with Crippen molar-refractivity contribution in [2.45, 2.75) is 26.2 Å². The Morgan fingerprint density at radius 3 is 2.50 bits per heavy atom. The van der Waals surface area contributed by atoms with Crippen LogP contribution in [-0.4, -0.2) is 50.1 Å². The average Bonchev–Trinajstić information content (AvgIpc) is 2.77. The van der Waals surface area contributed by atoms with Crippen LogP contribution in [0.4, 0.5) is 0 Å². The highest BCUT2D eigenvalue weighted by molar-refractivity contribution is 14.0. The number of pyridine rings is 1. The second kappa shape index (κ2) is 14.6. The number of methoxy groups -OCH3 is 1. The second-order valence-electron chi connectivity index (χ2n) is 6.65. The van der Waals surface area contributed by atoms with E-state index >= 15 is 0 Å². The van der Waals surface area contributed by atoms with Gasteiger partial charge in [-0.05, 0) is 49.1 Å². The Balaban J connectivity index is 0.00000450. The summed E-state index contributed by atoms with van der Waals surface area (Å²) >= 11 is 0. The first-order valence-electron chi connectivity index (χ1n) is 9.98. The molecule has 7 nitrogen and oxygen atoms in total. The van der Waals surface area contributed by atoms with Crippen LogP contribution in [0.25, 0.3) is 0 Å². The van der Waals surface area contributed by atoms with Crippen LogP contribution in [-0.2, 0) is 0 Å². The number of ether oxygens (including phenoxy) is 1. The molecule has 1 heterocycles. The predicted molar refractivity (Wildman–Crippen MR) is 132 cm³/mol. The molecular formula is C22H32IN5O2. The van der Waals surface area contributed by atoms with Gasteiger partial charge in [0.2, 0.25) is 0 Å². The third kappa shape index (κ3) is 8.98. The molecule has 1 atom stereocenters. The van der Waals surface area contributed by atoms with Gasteiger partial charge in [0.15, 0.2) is 5.96 Å². The minimum atomic E-state index is -0.129. The molecule has 1 unspecified atom stereocenters. The van der Waals surface area contributed by atoms with E-state index in [1.54, 1.807) is 31.6 Å². The second-order valence-corrected chi connectivity index (χ2v) is 6.65. The predicted octanol–water partition coefficient (Wildman–Crippen LogP) is 3.19. The number of halogens is 1.